The number of nitrogens with zero attached hydrogens (tertiary/aromatic N) is 2. The molecule has 0 radical (unpaired) electrons. The number of pyridine rings is 1. The maximum absolute atomic E-state index is 12.2. The lowest BCUT2D eigenvalue weighted by atomic mass is 9.90. The molecule has 0 aliphatic heterocycles. The van der Waals surface area contributed by atoms with Crippen LogP contribution < -0.4 is 5.56 Å². The molecule has 0 bridgehead atoms. The number of nitriles is 1. The van der Waals surface area contributed by atoms with Crippen LogP contribution in [-0.2, 0) is 12.8 Å². The van der Waals surface area contributed by atoms with E-state index in [0.717, 1.165) is 37.7 Å². The van der Waals surface area contributed by atoms with Gasteiger partial charge in [0.15, 0.2) is 0 Å². The maximum atomic E-state index is 12.2. The summed E-state index contributed by atoms with van der Waals surface area (Å²) in [6, 6.07) is 2.28. The second kappa shape index (κ2) is 4.75. The van der Waals surface area contributed by atoms with E-state index in [1.165, 1.54) is 5.56 Å². The molecule has 1 aromatic heterocycles. The molecule has 1 aromatic rings. The molecule has 0 spiro atoms. The van der Waals surface area contributed by atoms with Crippen LogP contribution in [0.5, 0.6) is 0 Å². The van der Waals surface area contributed by atoms with Crippen LogP contribution in [0.15, 0.2) is 11.0 Å². The topological polar surface area (TPSA) is 45.8 Å². The third kappa shape index (κ3) is 2.00. The van der Waals surface area contributed by atoms with E-state index in [4.69, 9.17) is 0 Å². The van der Waals surface area contributed by atoms with Crippen molar-refractivity contribution >= 4 is 0 Å². The summed E-state index contributed by atoms with van der Waals surface area (Å²) in [5.74, 6) is 0. The summed E-state index contributed by atoms with van der Waals surface area (Å²) in [6.45, 7) is 4.08. The van der Waals surface area contributed by atoms with Crippen molar-refractivity contribution < 1.29 is 0 Å². The third-order valence-electron chi connectivity index (χ3n) is 3.73. The highest BCUT2D eigenvalue weighted by Gasteiger charge is 2.19. The Labute approximate surface area is 102 Å². The fraction of sp³-hybridized carbons (Fsp3) is 0.571. The summed E-state index contributed by atoms with van der Waals surface area (Å²) in [4.78, 5) is 12.2. The van der Waals surface area contributed by atoms with Gasteiger partial charge in [-0.1, -0.05) is 6.92 Å². The lowest BCUT2D eigenvalue weighted by Crippen LogP contribution is -2.28. The molecule has 0 amide bonds. The Morgan fingerprint density at radius 3 is 2.82 bits per heavy atom. The van der Waals surface area contributed by atoms with Gasteiger partial charge in [-0.15, -0.1) is 0 Å². The fourth-order valence-electron chi connectivity index (χ4n) is 2.48. The quantitative estimate of drug-likeness (QED) is 0.783. The van der Waals surface area contributed by atoms with E-state index in [-0.39, 0.29) is 11.6 Å². The average Bonchev–Trinajstić information content (AvgIpc) is 2.37. The first-order chi connectivity index (χ1) is 8.19. The van der Waals surface area contributed by atoms with E-state index >= 15 is 0 Å². The lowest BCUT2D eigenvalue weighted by molar-refractivity contribution is 0.505. The molecule has 1 heterocycles. The summed E-state index contributed by atoms with van der Waals surface area (Å²) >= 11 is 0. The van der Waals surface area contributed by atoms with E-state index in [9.17, 15) is 10.1 Å². The summed E-state index contributed by atoms with van der Waals surface area (Å²) < 4.78 is 1.74. The van der Waals surface area contributed by atoms with Crippen LogP contribution in [0.1, 0.15) is 55.8 Å². The average molecular weight is 230 g/mol. The van der Waals surface area contributed by atoms with Crippen LogP contribution in [0.25, 0.3) is 0 Å². The van der Waals surface area contributed by atoms with Gasteiger partial charge in [0, 0.05) is 12.2 Å². The predicted molar refractivity (Wildman–Crippen MR) is 67.1 cm³/mol. The molecule has 17 heavy (non-hydrogen) atoms. The standard InChI is InChI=1S/C14H18N2O/c1-3-10(2)16-9-11-6-4-5-7-12(11)13(8-15)14(16)17/h9-10H,3-7H2,1-2H3. The second-order valence-electron chi connectivity index (χ2n) is 4.80. The third-order valence-corrected chi connectivity index (χ3v) is 3.73. The number of rotatable bonds is 2. The van der Waals surface area contributed by atoms with Gasteiger partial charge in [0.1, 0.15) is 11.6 Å². The van der Waals surface area contributed by atoms with Crippen LogP contribution >= 0.6 is 0 Å². The Morgan fingerprint density at radius 1 is 1.47 bits per heavy atom. The zero-order chi connectivity index (χ0) is 12.4. The highest BCUT2D eigenvalue weighted by molar-refractivity contribution is 5.42. The maximum Gasteiger partial charge on any atom is 0.269 e. The van der Waals surface area contributed by atoms with Gasteiger partial charge >= 0.3 is 0 Å². The minimum Gasteiger partial charge on any atom is -0.311 e. The molecule has 1 aliphatic rings. The van der Waals surface area contributed by atoms with Crippen molar-refractivity contribution in [1.82, 2.24) is 4.57 Å². The van der Waals surface area contributed by atoms with Crippen molar-refractivity contribution in [2.75, 3.05) is 0 Å². The predicted octanol–water partition coefficient (Wildman–Crippen LogP) is 2.57. The van der Waals surface area contributed by atoms with Gasteiger partial charge in [-0.2, -0.15) is 5.26 Å². The monoisotopic (exact) mass is 230 g/mol. The van der Waals surface area contributed by atoms with E-state index in [1.54, 1.807) is 4.57 Å². The molecule has 90 valence electrons. The molecular formula is C14H18N2O. The minimum absolute atomic E-state index is 0.109. The van der Waals surface area contributed by atoms with Crippen LogP contribution in [-0.4, -0.2) is 4.57 Å². The molecule has 0 saturated carbocycles. The highest BCUT2D eigenvalue weighted by Crippen LogP contribution is 2.23. The minimum atomic E-state index is -0.109. The van der Waals surface area contributed by atoms with E-state index in [0.29, 0.717) is 5.56 Å². The number of hydrogen-bond acceptors (Lipinski definition) is 2. The molecule has 0 aromatic carbocycles. The second-order valence-corrected chi connectivity index (χ2v) is 4.80. The molecule has 0 fully saturated rings. The number of fused-ring (bicyclic) bond motifs is 1. The van der Waals surface area contributed by atoms with Crippen LogP contribution in [0, 0.1) is 11.3 Å². The zero-order valence-corrected chi connectivity index (χ0v) is 10.5. The van der Waals surface area contributed by atoms with Crippen molar-refractivity contribution in [1.29, 1.82) is 5.26 Å². The highest BCUT2D eigenvalue weighted by atomic mass is 16.1. The molecular weight excluding hydrogens is 212 g/mol. The van der Waals surface area contributed by atoms with E-state index in [1.807, 2.05) is 13.1 Å². The van der Waals surface area contributed by atoms with Gasteiger partial charge in [-0.05, 0) is 50.2 Å². The largest absolute Gasteiger partial charge is 0.311 e. The van der Waals surface area contributed by atoms with Crippen molar-refractivity contribution in [3.8, 4) is 6.07 Å². The Balaban J connectivity index is 2.65. The first-order valence-corrected chi connectivity index (χ1v) is 6.36. The first kappa shape index (κ1) is 11.9. The van der Waals surface area contributed by atoms with Gasteiger partial charge in [0.25, 0.3) is 5.56 Å². The normalized spacial score (nSPS) is 16.1. The molecule has 1 atom stereocenters. The SMILES string of the molecule is CCC(C)n1cc2c(c(C#N)c1=O)CCCC2. The van der Waals surface area contributed by atoms with Crippen LogP contribution in [0.3, 0.4) is 0 Å². The van der Waals surface area contributed by atoms with Crippen LogP contribution in [0.2, 0.25) is 0 Å². The van der Waals surface area contributed by atoms with Gasteiger partial charge in [0.2, 0.25) is 0 Å². The molecule has 3 heteroatoms. The Bertz CT molecular complexity index is 522. The van der Waals surface area contributed by atoms with Crippen molar-refractivity contribution in [3.05, 3.63) is 33.2 Å². The van der Waals surface area contributed by atoms with Gasteiger partial charge < -0.3 is 4.57 Å². The van der Waals surface area contributed by atoms with Crippen molar-refractivity contribution in [2.45, 2.75) is 52.0 Å². The Hall–Kier alpha value is -1.56. The van der Waals surface area contributed by atoms with E-state index in [2.05, 4.69) is 13.0 Å². The van der Waals surface area contributed by atoms with Crippen LogP contribution in [0.4, 0.5) is 0 Å². The number of aromatic nitrogens is 1. The lowest BCUT2D eigenvalue weighted by Gasteiger charge is -2.21. The zero-order valence-electron chi connectivity index (χ0n) is 10.5. The van der Waals surface area contributed by atoms with E-state index < -0.39 is 0 Å². The molecule has 1 unspecified atom stereocenters. The summed E-state index contributed by atoms with van der Waals surface area (Å²) in [5.41, 5.74) is 2.47. The van der Waals surface area contributed by atoms with Gasteiger partial charge in [-0.3, -0.25) is 4.79 Å². The fourth-order valence-corrected chi connectivity index (χ4v) is 2.48. The van der Waals surface area contributed by atoms with Gasteiger partial charge in [-0.25, -0.2) is 0 Å². The number of aryl methyl sites for hydroxylation is 1. The first-order valence-electron chi connectivity index (χ1n) is 6.36. The molecule has 3 nitrogen and oxygen atoms in total. The summed E-state index contributed by atoms with van der Waals surface area (Å²) in [7, 11) is 0. The Morgan fingerprint density at radius 2 is 2.18 bits per heavy atom. The summed E-state index contributed by atoms with van der Waals surface area (Å²) in [6.07, 6.45) is 7.02. The molecule has 0 saturated heterocycles. The molecule has 1 aliphatic carbocycles. The Kier molecular flexibility index (Phi) is 3.33. The van der Waals surface area contributed by atoms with Crippen molar-refractivity contribution in [2.24, 2.45) is 0 Å². The van der Waals surface area contributed by atoms with Crippen molar-refractivity contribution in [3.63, 3.8) is 0 Å². The molecule has 0 N–H and O–H groups in total. The molecule has 2 rings (SSSR count). The van der Waals surface area contributed by atoms with Gasteiger partial charge in [0.05, 0.1) is 0 Å². The number of hydrogen-bond donors (Lipinski definition) is 0. The smallest absolute Gasteiger partial charge is 0.269 e. The summed E-state index contributed by atoms with van der Waals surface area (Å²) in [5, 5.41) is 9.19.